The summed E-state index contributed by atoms with van der Waals surface area (Å²) in [5.41, 5.74) is 4.26. The zero-order valence-electron chi connectivity index (χ0n) is 12.5. The number of benzene rings is 1. The van der Waals surface area contributed by atoms with Crippen molar-refractivity contribution in [1.82, 2.24) is 0 Å². The van der Waals surface area contributed by atoms with E-state index in [2.05, 4.69) is 17.1 Å². The van der Waals surface area contributed by atoms with Crippen LogP contribution in [0.2, 0.25) is 0 Å². The highest BCUT2D eigenvalue weighted by atomic mass is 16.8. The van der Waals surface area contributed by atoms with Gasteiger partial charge in [-0.05, 0) is 17.7 Å². The van der Waals surface area contributed by atoms with Crippen molar-refractivity contribution in [2.45, 2.75) is 11.8 Å². The Hall–Kier alpha value is -2.81. The van der Waals surface area contributed by atoms with Crippen LogP contribution in [-0.2, 0) is 9.47 Å². The van der Waals surface area contributed by atoms with E-state index >= 15 is 0 Å². The lowest BCUT2D eigenvalue weighted by Crippen LogP contribution is -2.38. The fourth-order valence-corrected chi connectivity index (χ4v) is 4.31. The highest BCUT2D eigenvalue weighted by molar-refractivity contribution is 6.00. The van der Waals surface area contributed by atoms with E-state index in [4.69, 9.17) is 24.7 Å². The summed E-state index contributed by atoms with van der Waals surface area (Å²) < 4.78 is 22.1. The molecule has 3 atom stereocenters. The molecule has 0 unspecified atom stereocenters. The minimum Gasteiger partial charge on any atom is -0.454 e. The van der Waals surface area contributed by atoms with E-state index in [1.165, 1.54) is 0 Å². The van der Waals surface area contributed by atoms with Crippen molar-refractivity contribution in [3.63, 3.8) is 0 Å². The van der Waals surface area contributed by atoms with Crippen LogP contribution in [0.4, 0.5) is 0 Å². The van der Waals surface area contributed by atoms with Gasteiger partial charge in [0.15, 0.2) is 16.9 Å². The summed E-state index contributed by atoms with van der Waals surface area (Å²) in [4.78, 5) is 4.23. The molecular formula is C16H12N4O4. The van der Waals surface area contributed by atoms with Gasteiger partial charge < -0.3 is 24.7 Å². The Morgan fingerprint density at radius 2 is 1.88 bits per heavy atom. The molecule has 1 aromatic rings. The van der Waals surface area contributed by atoms with E-state index in [1.807, 2.05) is 6.07 Å². The Morgan fingerprint density at radius 1 is 1.12 bits per heavy atom. The predicted octanol–water partition coefficient (Wildman–Crippen LogP) is 0.604. The molecule has 1 saturated heterocycles. The van der Waals surface area contributed by atoms with Gasteiger partial charge in [0, 0.05) is 5.92 Å². The highest BCUT2D eigenvalue weighted by Crippen LogP contribution is 2.82. The van der Waals surface area contributed by atoms with Gasteiger partial charge in [0.1, 0.15) is 11.3 Å². The van der Waals surface area contributed by atoms with Crippen LogP contribution in [0.1, 0.15) is 11.5 Å². The Morgan fingerprint density at radius 3 is 2.58 bits per heavy atom. The molecule has 0 bridgehead atoms. The molecule has 2 N–H and O–H groups in total. The van der Waals surface area contributed by atoms with Gasteiger partial charge in [-0.1, -0.05) is 6.07 Å². The maximum atomic E-state index is 9.99. The van der Waals surface area contributed by atoms with Gasteiger partial charge in [0.05, 0.1) is 25.4 Å². The largest absolute Gasteiger partial charge is 0.454 e. The number of nitrogens with two attached hydrogens (primary N) is 1. The van der Waals surface area contributed by atoms with Crippen molar-refractivity contribution in [1.29, 1.82) is 10.5 Å². The van der Waals surface area contributed by atoms with Crippen molar-refractivity contribution in [2.75, 3.05) is 20.0 Å². The van der Waals surface area contributed by atoms with Crippen LogP contribution in [0.3, 0.4) is 0 Å². The molecule has 5 rings (SSSR count). The maximum Gasteiger partial charge on any atom is 0.293 e. The summed E-state index contributed by atoms with van der Waals surface area (Å²) in [5.74, 6) is -0.730. The standard InChI is InChI=1S/C16H12N4O4/c17-6-14-12(9-1-2-10-11(5-9)22-8-21-10)15(14,7-18)16(20-13(14)19)23-3-4-24-16/h1-2,5,12H,3-4,8H2,(H2,19,20)/t12-,14+,15-/m1/s1. The Labute approximate surface area is 137 Å². The van der Waals surface area contributed by atoms with E-state index < -0.39 is 22.7 Å². The molecule has 120 valence electrons. The van der Waals surface area contributed by atoms with Gasteiger partial charge in [0.2, 0.25) is 6.79 Å². The van der Waals surface area contributed by atoms with Crippen molar-refractivity contribution >= 4 is 5.84 Å². The second-order valence-corrected chi connectivity index (χ2v) is 6.16. The predicted molar refractivity (Wildman–Crippen MR) is 77.7 cm³/mol. The number of nitrogens with zero attached hydrogens (tertiary/aromatic N) is 3. The molecule has 3 aliphatic heterocycles. The monoisotopic (exact) mass is 324 g/mol. The first-order valence-corrected chi connectivity index (χ1v) is 7.51. The van der Waals surface area contributed by atoms with Gasteiger partial charge in [-0.15, -0.1) is 0 Å². The lowest BCUT2D eigenvalue weighted by Gasteiger charge is -2.25. The molecule has 2 fully saturated rings. The molecule has 24 heavy (non-hydrogen) atoms. The zero-order valence-corrected chi connectivity index (χ0v) is 12.5. The Bertz CT molecular complexity index is 879. The second-order valence-electron chi connectivity index (χ2n) is 6.16. The molecule has 1 saturated carbocycles. The quantitative estimate of drug-likeness (QED) is 0.802. The Balaban J connectivity index is 1.70. The van der Waals surface area contributed by atoms with Crippen molar-refractivity contribution in [3.8, 4) is 23.6 Å². The van der Waals surface area contributed by atoms with Crippen LogP contribution in [-0.4, -0.2) is 31.8 Å². The number of rotatable bonds is 1. The fourth-order valence-electron chi connectivity index (χ4n) is 4.31. The lowest BCUT2D eigenvalue weighted by molar-refractivity contribution is -0.184. The molecule has 4 aliphatic rings. The SMILES string of the molecule is N#C[C@@]12[C@H](c3ccc4c(c3)OCO4)[C@@]1(C#N)C(N)=NC21OCCO1. The van der Waals surface area contributed by atoms with Crippen molar-refractivity contribution < 1.29 is 18.9 Å². The van der Waals surface area contributed by atoms with E-state index in [9.17, 15) is 10.5 Å². The van der Waals surface area contributed by atoms with Crippen molar-refractivity contribution in [3.05, 3.63) is 23.8 Å². The average molecular weight is 324 g/mol. The molecule has 1 aliphatic carbocycles. The van der Waals surface area contributed by atoms with Gasteiger partial charge >= 0.3 is 0 Å². The maximum absolute atomic E-state index is 9.99. The number of amidine groups is 1. The topological polar surface area (TPSA) is 123 Å². The van der Waals surface area contributed by atoms with Gasteiger partial charge in [0.25, 0.3) is 5.91 Å². The van der Waals surface area contributed by atoms with Crippen LogP contribution < -0.4 is 15.2 Å². The summed E-state index contributed by atoms with van der Waals surface area (Å²) in [6, 6.07) is 9.81. The first-order chi connectivity index (χ1) is 11.6. The van der Waals surface area contributed by atoms with E-state index in [0.717, 1.165) is 5.56 Å². The van der Waals surface area contributed by atoms with Gasteiger partial charge in [-0.25, -0.2) is 4.99 Å². The first-order valence-electron chi connectivity index (χ1n) is 7.51. The molecule has 0 amide bonds. The third-order valence-electron chi connectivity index (χ3n) is 5.34. The number of nitriles is 2. The lowest BCUT2D eigenvalue weighted by atomic mass is 9.94. The normalized spacial score (nSPS) is 36.8. The summed E-state index contributed by atoms with van der Waals surface area (Å²) in [5, 5.41) is 19.9. The smallest absolute Gasteiger partial charge is 0.293 e. The number of hydrogen-bond donors (Lipinski definition) is 1. The third kappa shape index (κ3) is 1.15. The molecule has 1 spiro atoms. The molecular weight excluding hydrogens is 312 g/mol. The average Bonchev–Trinajstić information content (AvgIpc) is 2.99. The number of aliphatic imine (C=N–C) groups is 1. The minimum atomic E-state index is -1.51. The highest BCUT2D eigenvalue weighted by Gasteiger charge is 2.94. The summed E-state index contributed by atoms with van der Waals surface area (Å²) in [7, 11) is 0. The number of fused-ring (bicyclic) bond motifs is 3. The molecule has 1 aromatic carbocycles. The molecule has 0 aromatic heterocycles. The number of hydrogen-bond acceptors (Lipinski definition) is 8. The molecule has 3 heterocycles. The van der Waals surface area contributed by atoms with Crippen LogP contribution >= 0.6 is 0 Å². The molecule has 0 radical (unpaired) electrons. The first kappa shape index (κ1) is 13.6. The van der Waals surface area contributed by atoms with Crippen molar-refractivity contribution in [2.24, 2.45) is 21.6 Å². The minimum absolute atomic E-state index is 0.0797. The fraction of sp³-hybridized carbons (Fsp3) is 0.438. The van der Waals surface area contributed by atoms with Gasteiger partial charge in [-0.3, -0.25) is 0 Å². The third-order valence-corrected chi connectivity index (χ3v) is 5.34. The number of ether oxygens (including phenoxy) is 4. The van der Waals surface area contributed by atoms with Crippen LogP contribution in [0.5, 0.6) is 11.5 Å². The summed E-state index contributed by atoms with van der Waals surface area (Å²) >= 11 is 0. The van der Waals surface area contributed by atoms with E-state index in [-0.39, 0.29) is 12.6 Å². The summed E-state index contributed by atoms with van der Waals surface area (Å²) in [6.45, 7) is 0.751. The molecule has 8 heteroatoms. The van der Waals surface area contributed by atoms with Crippen LogP contribution in [0.25, 0.3) is 0 Å². The van der Waals surface area contributed by atoms with Crippen LogP contribution in [0, 0.1) is 33.5 Å². The second kappa shape index (κ2) is 3.99. The Kier molecular flexibility index (Phi) is 2.26. The van der Waals surface area contributed by atoms with E-state index in [1.54, 1.807) is 12.1 Å². The van der Waals surface area contributed by atoms with E-state index in [0.29, 0.717) is 24.7 Å². The zero-order chi connectivity index (χ0) is 16.6. The van der Waals surface area contributed by atoms with Crippen LogP contribution in [0.15, 0.2) is 23.2 Å². The van der Waals surface area contributed by atoms with Gasteiger partial charge in [-0.2, -0.15) is 10.5 Å². The molecule has 8 nitrogen and oxygen atoms in total. The summed E-state index contributed by atoms with van der Waals surface area (Å²) in [6.07, 6.45) is 0.